The zero-order valence-electron chi connectivity index (χ0n) is 14.2. The summed E-state index contributed by atoms with van der Waals surface area (Å²) >= 11 is 0. The summed E-state index contributed by atoms with van der Waals surface area (Å²) in [5.41, 5.74) is 6.65. The van der Waals surface area contributed by atoms with Gasteiger partial charge < -0.3 is 10.6 Å². The van der Waals surface area contributed by atoms with E-state index in [1.165, 1.54) is 0 Å². The molecule has 2 amide bonds. The third-order valence-corrected chi connectivity index (χ3v) is 4.85. The van der Waals surface area contributed by atoms with Gasteiger partial charge in [0.1, 0.15) is 11.4 Å². The number of hydrogen-bond donors (Lipinski definition) is 2. The molecule has 0 aliphatic carbocycles. The van der Waals surface area contributed by atoms with Crippen molar-refractivity contribution in [2.45, 2.75) is 25.3 Å². The molecule has 3 N–H and O–H groups in total. The molecular formula is C19H19N5O2. The molecule has 3 aromatic rings. The lowest BCUT2D eigenvalue weighted by molar-refractivity contribution is 0.0602. The molecule has 7 nitrogen and oxygen atoms in total. The minimum Gasteiger partial charge on any atom is -0.364 e. The van der Waals surface area contributed by atoms with Crippen LogP contribution in [0.4, 0.5) is 0 Å². The van der Waals surface area contributed by atoms with E-state index in [4.69, 9.17) is 5.73 Å². The number of likely N-dealkylation sites (tertiary alicyclic amines) is 1. The predicted octanol–water partition coefficient (Wildman–Crippen LogP) is 2.42. The van der Waals surface area contributed by atoms with Crippen molar-refractivity contribution in [1.82, 2.24) is 20.1 Å². The smallest absolute Gasteiger partial charge is 0.273 e. The number of pyridine rings is 1. The van der Waals surface area contributed by atoms with Gasteiger partial charge in [-0.3, -0.25) is 19.7 Å². The molecule has 3 heterocycles. The maximum absolute atomic E-state index is 13.3. The van der Waals surface area contributed by atoms with Gasteiger partial charge in [-0.25, -0.2) is 0 Å². The first-order chi connectivity index (χ1) is 12.6. The molecule has 1 fully saturated rings. The highest BCUT2D eigenvalue weighted by Gasteiger charge is 2.31. The number of rotatable bonds is 3. The lowest BCUT2D eigenvalue weighted by Crippen LogP contribution is -2.39. The Morgan fingerprint density at radius 1 is 1.19 bits per heavy atom. The Morgan fingerprint density at radius 3 is 2.85 bits per heavy atom. The van der Waals surface area contributed by atoms with E-state index in [-0.39, 0.29) is 17.6 Å². The summed E-state index contributed by atoms with van der Waals surface area (Å²) in [5.74, 6) is -0.696. The van der Waals surface area contributed by atoms with Gasteiger partial charge in [-0.2, -0.15) is 5.10 Å². The van der Waals surface area contributed by atoms with Crippen LogP contribution in [0.5, 0.6) is 0 Å². The summed E-state index contributed by atoms with van der Waals surface area (Å²) in [5, 5.41) is 8.64. The third-order valence-electron chi connectivity index (χ3n) is 4.85. The van der Waals surface area contributed by atoms with Crippen LogP contribution >= 0.6 is 0 Å². The van der Waals surface area contributed by atoms with Crippen LogP contribution < -0.4 is 5.73 Å². The van der Waals surface area contributed by atoms with Gasteiger partial charge in [0.2, 0.25) is 0 Å². The molecule has 1 atom stereocenters. The number of piperidine rings is 1. The molecule has 0 unspecified atom stereocenters. The maximum Gasteiger partial charge on any atom is 0.273 e. The molecule has 1 aromatic carbocycles. The molecule has 7 heteroatoms. The number of hydrogen-bond acceptors (Lipinski definition) is 4. The number of fused-ring (bicyclic) bond motifs is 1. The number of benzene rings is 1. The lowest BCUT2D eigenvalue weighted by atomic mass is 9.98. The van der Waals surface area contributed by atoms with Gasteiger partial charge in [0.25, 0.3) is 11.8 Å². The average molecular weight is 349 g/mol. The number of amides is 2. The standard InChI is InChI=1S/C19H19N5O2/c20-18(25)15-11-14(22-23-15)16-7-3-4-10-24(16)19(26)17-13-6-2-1-5-12(13)8-9-21-17/h1-2,5-6,8-9,11,16H,3-4,7,10H2,(H2,20,25)(H,22,23)/t16-/m0/s1. The summed E-state index contributed by atoms with van der Waals surface area (Å²) in [6, 6.07) is 11.1. The van der Waals surface area contributed by atoms with E-state index in [0.29, 0.717) is 12.2 Å². The predicted molar refractivity (Wildman–Crippen MR) is 96.5 cm³/mol. The SMILES string of the molecule is NC(=O)c1cc([C@@H]2CCCCN2C(=O)c2nccc3ccccc23)[nH]n1. The molecule has 2 aromatic heterocycles. The highest BCUT2D eigenvalue weighted by molar-refractivity contribution is 6.05. The Bertz CT molecular complexity index is 975. The van der Waals surface area contributed by atoms with E-state index in [0.717, 1.165) is 35.7 Å². The Labute approximate surface area is 150 Å². The van der Waals surface area contributed by atoms with Gasteiger partial charge >= 0.3 is 0 Å². The van der Waals surface area contributed by atoms with Crippen molar-refractivity contribution in [2.24, 2.45) is 5.73 Å². The van der Waals surface area contributed by atoms with Crippen LogP contribution in [0.3, 0.4) is 0 Å². The summed E-state index contributed by atoms with van der Waals surface area (Å²) in [6.07, 6.45) is 4.40. The molecule has 0 spiro atoms. The van der Waals surface area contributed by atoms with Crippen molar-refractivity contribution in [3.63, 3.8) is 0 Å². The number of aromatic amines is 1. The van der Waals surface area contributed by atoms with E-state index in [2.05, 4.69) is 15.2 Å². The van der Waals surface area contributed by atoms with E-state index in [1.54, 1.807) is 12.3 Å². The summed E-state index contributed by atoms with van der Waals surface area (Å²) in [4.78, 5) is 30.8. The molecule has 26 heavy (non-hydrogen) atoms. The molecule has 4 rings (SSSR count). The quantitative estimate of drug-likeness (QED) is 0.757. The van der Waals surface area contributed by atoms with Crippen LogP contribution in [0.1, 0.15) is 52.0 Å². The third kappa shape index (κ3) is 2.81. The number of aromatic nitrogens is 3. The second-order valence-electron chi connectivity index (χ2n) is 6.46. The number of nitrogens with two attached hydrogens (primary N) is 1. The van der Waals surface area contributed by atoms with Crippen molar-refractivity contribution in [2.75, 3.05) is 6.54 Å². The first-order valence-corrected chi connectivity index (χ1v) is 8.65. The van der Waals surface area contributed by atoms with E-state index in [9.17, 15) is 9.59 Å². The minimum absolute atomic E-state index is 0.110. The van der Waals surface area contributed by atoms with E-state index in [1.807, 2.05) is 35.2 Å². The second kappa shape index (κ2) is 6.59. The highest BCUT2D eigenvalue weighted by Crippen LogP contribution is 2.32. The van der Waals surface area contributed by atoms with Crippen LogP contribution in [0.25, 0.3) is 10.8 Å². The molecule has 1 aliphatic rings. The fourth-order valence-electron chi connectivity index (χ4n) is 3.56. The molecular weight excluding hydrogens is 330 g/mol. The highest BCUT2D eigenvalue weighted by atomic mass is 16.2. The molecule has 1 saturated heterocycles. The fourth-order valence-corrected chi connectivity index (χ4v) is 3.56. The van der Waals surface area contributed by atoms with Crippen molar-refractivity contribution >= 4 is 22.6 Å². The number of carbonyl (C=O) groups is 2. The first kappa shape index (κ1) is 16.3. The largest absolute Gasteiger partial charge is 0.364 e. The molecule has 132 valence electrons. The molecule has 0 bridgehead atoms. The number of carbonyl (C=O) groups excluding carboxylic acids is 2. The minimum atomic E-state index is -0.586. The maximum atomic E-state index is 13.3. The van der Waals surface area contributed by atoms with Gasteiger partial charge in [0.05, 0.1) is 11.7 Å². The van der Waals surface area contributed by atoms with Crippen LogP contribution in [-0.2, 0) is 0 Å². The van der Waals surface area contributed by atoms with Crippen molar-refractivity contribution in [1.29, 1.82) is 0 Å². The molecule has 0 saturated carbocycles. The van der Waals surface area contributed by atoms with Gasteiger partial charge in [-0.05, 0) is 36.8 Å². The molecule has 0 radical (unpaired) electrons. The lowest BCUT2D eigenvalue weighted by Gasteiger charge is -2.35. The van der Waals surface area contributed by atoms with Crippen molar-refractivity contribution in [3.05, 3.63) is 59.7 Å². The number of nitrogens with zero attached hydrogens (tertiary/aromatic N) is 3. The topological polar surface area (TPSA) is 105 Å². The van der Waals surface area contributed by atoms with Crippen molar-refractivity contribution in [3.8, 4) is 0 Å². The summed E-state index contributed by atoms with van der Waals surface area (Å²) in [7, 11) is 0. The van der Waals surface area contributed by atoms with Crippen LogP contribution in [0.15, 0.2) is 42.6 Å². The Kier molecular flexibility index (Phi) is 4.12. The number of H-pyrrole nitrogens is 1. The molecule has 1 aliphatic heterocycles. The monoisotopic (exact) mass is 349 g/mol. The summed E-state index contributed by atoms with van der Waals surface area (Å²) < 4.78 is 0. The van der Waals surface area contributed by atoms with Crippen LogP contribution in [0, 0.1) is 0 Å². The van der Waals surface area contributed by atoms with Crippen molar-refractivity contribution < 1.29 is 9.59 Å². The van der Waals surface area contributed by atoms with Gasteiger partial charge in [-0.1, -0.05) is 24.3 Å². The number of primary amides is 1. The van der Waals surface area contributed by atoms with E-state index < -0.39 is 5.91 Å². The first-order valence-electron chi connectivity index (χ1n) is 8.65. The van der Waals surface area contributed by atoms with Crippen LogP contribution in [-0.4, -0.2) is 38.4 Å². The van der Waals surface area contributed by atoms with Gasteiger partial charge in [0, 0.05) is 18.1 Å². The van der Waals surface area contributed by atoms with Crippen LogP contribution in [0.2, 0.25) is 0 Å². The van der Waals surface area contributed by atoms with E-state index >= 15 is 0 Å². The second-order valence-corrected chi connectivity index (χ2v) is 6.46. The Hall–Kier alpha value is -3.22. The fraction of sp³-hybridized carbons (Fsp3) is 0.263. The average Bonchev–Trinajstić information content (AvgIpc) is 3.17. The summed E-state index contributed by atoms with van der Waals surface area (Å²) in [6.45, 7) is 0.638. The zero-order chi connectivity index (χ0) is 18.1. The zero-order valence-corrected chi connectivity index (χ0v) is 14.2. The Morgan fingerprint density at radius 2 is 2.04 bits per heavy atom. The van der Waals surface area contributed by atoms with Gasteiger partial charge in [0.15, 0.2) is 0 Å². The Balaban J connectivity index is 1.71. The number of nitrogens with one attached hydrogen (secondary N) is 1. The normalized spacial score (nSPS) is 17.4. The van der Waals surface area contributed by atoms with Gasteiger partial charge in [-0.15, -0.1) is 0 Å².